The number of nitrogens with one attached hydrogen (secondary N) is 2. The number of ether oxygens (including phenoxy) is 1. The topological polar surface area (TPSA) is 131 Å². The smallest absolute Gasteiger partial charge is 0.251 e. The van der Waals surface area contributed by atoms with Crippen molar-refractivity contribution in [1.82, 2.24) is 20.4 Å². The molecule has 1 aliphatic carbocycles. The highest BCUT2D eigenvalue weighted by molar-refractivity contribution is 6.00. The van der Waals surface area contributed by atoms with E-state index >= 15 is 0 Å². The first kappa shape index (κ1) is 32.9. The Hall–Kier alpha value is -3.47. The van der Waals surface area contributed by atoms with Crippen LogP contribution in [0.4, 0.5) is 0 Å². The number of unbranched alkanes of at least 4 members (excludes halogenated alkanes) is 1. The van der Waals surface area contributed by atoms with Gasteiger partial charge in [-0.2, -0.15) is 0 Å². The lowest BCUT2D eigenvalue weighted by atomic mass is 9.78. The van der Waals surface area contributed by atoms with Crippen LogP contribution in [-0.2, 0) is 16.1 Å². The second-order valence-corrected chi connectivity index (χ2v) is 12.7. The van der Waals surface area contributed by atoms with Crippen molar-refractivity contribution in [3.05, 3.63) is 59.7 Å². The number of nitrogens with zero attached hydrogens (tertiary/aromatic N) is 2. The van der Waals surface area contributed by atoms with Crippen molar-refractivity contribution in [2.45, 2.75) is 88.9 Å². The molecule has 10 heteroatoms. The molecule has 0 unspecified atom stereocenters. The van der Waals surface area contributed by atoms with E-state index in [9.17, 15) is 19.5 Å². The van der Waals surface area contributed by atoms with E-state index in [-0.39, 0.29) is 36.8 Å². The Morgan fingerprint density at radius 1 is 1.02 bits per heavy atom. The number of benzene rings is 2. The number of rotatable bonds is 12. The first-order chi connectivity index (χ1) is 21.8. The molecule has 2 aromatic carbocycles. The molecule has 3 fully saturated rings. The number of aliphatic hydroxyl groups is 2. The average molecular weight is 621 g/mol. The third-order valence-electron chi connectivity index (χ3n) is 9.73. The largest absolute Gasteiger partial charge is 0.457 e. The number of likely N-dealkylation sites (tertiary alicyclic amines) is 1. The maximum absolute atomic E-state index is 13.9. The van der Waals surface area contributed by atoms with Crippen molar-refractivity contribution >= 4 is 17.7 Å². The average Bonchev–Trinajstić information content (AvgIpc) is 3.07. The highest BCUT2D eigenvalue weighted by atomic mass is 16.5. The number of carbonyl (C=O) groups is 3. The van der Waals surface area contributed by atoms with Crippen molar-refractivity contribution in [3.8, 4) is 11.5 Å². The predicted molar refractivity (Wildman–Crippen MR) is 171 cm³/mol. The van der Waals surface area contributed by atoms with E-state index in [4.69, 9.17) is 9.84 Å². The number of hydrogen-bond acceptors (Lipinski definition) is 7. The fourth-order valence-electron chi connectivity index (χ4n) is 7.04. The van der Waals surface area contributed by atoms with Gasteiger partial charge in [-0.15, -0.1) is 0 Å². The SMILES string of the molecule is CCCCN1C(=O)[C@@H]([C@@H](O)C2CCCCC2)NC(=O)C12CCN(Cc1ccc(Oc3ccc(C(=O)NCCO)cc3)cc1)CC2. The quantitative estimate of drug-likeness (QED) is 0.285. The first-order valence-corrected chi connectivity index (χ1v) is 16.6. The van der Waals surface area contributed by atoms with Gasteiger partial charge in [-0.05, 0) is 80.0 Å². The normalized spacial score (nSPS) is 21.4. The number of hydrogen-bond donors (Lipinski definition) is 4. The highest BCUT2D eigenvalue weighted by Gasteiger charge is 2.55. The standard InChI is InChI=1S/C35H48N4O6/c1-2-3-20-39-33(43)30(31(41)26-7-5-4-6-8-26)37-34(44)35(39)17-21-38(22-18-35)24-25-9-13-28(14-10-25)45-29-15-11-27(12-16-29)32(42)36-19-23-40/h9-16,26,30-31,40-41H,2-8,17-24H2,1H3,(H,36,42)(H,37,44)/t30-,31+/m1/s1. The molecule has 2 atom stereocenters. The summed E-state index contributed by atoms with van der Waals surface area (Å²) < 4.78 is 5.96. The second kappa shape index (κ2) is 15.2. The van der Waals surface area contributed by atoms with Gasteiger partial charge in [-0.25, -0.2) is 0 Å². The van der Waals surface area contributed by atoms with E-state index in [1.54, 1.807) is 24.3 Å². The van der Waals surface area contributed by atoms with E-state index in [0.29, 0.717) is 49.5 Å². The Balaban J connectivity index is 1.17. The van der Waals surface area contributed by atoms with Crippen molar-refractivity contribution in [3.63, 3.8) is 0 Å². The van der Waals surface area contributed by atoms with Gasteiger partial charge >= 0.3 is 0 Å². The van der Waals surface area contributed by atoms with Crippen LogP contribution in [0.15, 0.2) is 48.5 Å². The number of amides is 3. The van der Waals surface area contributed by atoms with E-state index in [1.165, 1.54) is 6.42 Å². The molecule has 3 amide bonds. The third-order valence-corrected chi connectivity index (χ3v) is 9.73. The Labute approximate surface area is 266 Å². The molecular weight excluding hydrogens is 572 g/mol. The van der Waals surface area contributed by atoms with Gasteiger partial charge < -0.3 is 30.5 Å². The highest BCUT2D eigenvalue weighted by Crippen LogP contribution is 2.36. The van der Waals surface area contributed by atoms with E-state index in [1.807, 2.05) is 29.2 Å². The lowest BCUT2D eigenvalue weighted by molar-refractivity contribution is -0.166. The summed E-state index contributed by atoms with van der Waals surface area (Å²) in [6.07, 6.45) is 7.16. The zero-order valence-electron chi connectivity index (χ0n) is 26.4. The number of piperazine rings is 1. The van der Waals surface area contributed by atoms with Crippen LogP contribution in [-0.4, -0.2) is 88.2 Å². The lowest BCUT2D eigenvalue weighted by Gasteiger charge is -2.52. The lowest BCUT2D eigenvalue weighted by Crippen LogP contribution is -2.75. The maximum Gasteiger partial charge on any atom is 0.251 e. The van der Waals surface area contributed by atoms with Crippen LogP contribution >= 0.6 is 0 Å². The summed E-state index contributed by atoms with van der Waals surface area (Å²) in [5.74, 6) is 0.880. The zero-order valence-corrected chi connectivity index (χ0v) is 26.4. The van der Waals surface area contributed by atoms with E-state index in [2.05, 4.69) is 22.5 Å². The van der Waals surface area contributed by atoms with Gasteiger partial charge in [0.05, 0.1) is 12.7 Å². The molecule has 0 radical (unpaired) electrons. The summed E-state index contributed by atoms with van der Waals surface area (Å²) in [5, 5.41) is 25.7. The summed E-state index contributed by atoms with van der Waals surface area (Å²) in [5.41, 5.74) is 0.755. The zero-order chi connectivity index (χ0) is 31.8. The molecule has 1 saturated carbocycles. The van der Waals surface area contributed by atoms with Gasteiger partial charge in [0.1, 0.15) is 23.1 Å². The molecule has 0 bridgehead atoms. The van der Waals surface area contributed by atoms with Crippen LogP contribution in [0.25, 0.3) is 0 Å². The molecule has 4 N–H and O–H groups in total. The van der Waals surface area contributed by atoms with Crippen molar-refractivity contribution in [2.24, 2.45) is 5.92 Å². The molecule has 2 aromatic rings. The molecule has 1 spiro atoms. The Kier molecular flexibility index (Phi) is 11.1. The molecule has 2 heterocycles. The van der Waals surface area contributed by atoms with Crippen molar-refractivity contribution in [1.29, 1.82) is 0 Å². The molecular formula is C35H48N4O6. The van der Waals surface area contributed by atoms with Crippen LogP contribution in [0, 0.1) is 5.92 Å². The van der Waals surface area contributed by atoms with Gasteiger partial charge in [-0.3, -0.25) is 19.3 Å². The van der Waals surface area contributed by atoms with Gasteiger partial charge in [0, 0.05) is 38.3 Å². The van der Waals surface area contributed by atoms with Crippen LogP contribution < -0.4 is 15.4 Å². The second-order valence-electron chi connectivity index (χ2n) is 12.7. The summed E-state index contributed by atoms with van der Waals surface area (Å²) in [6.45, 7) is 4.83. The minimum absolute atomic E-state index is 0.0605. The Morgan fingerprint density at radius 3 is 2.29 bits per heavy atom. The fourth-order valence-corrected chi connectivity index (χ4v) is 7.04. The van der Waals surface area contributed by atoms with Gasteiger partial charge in [0.25, 0.3) is 5.91 Å². The van der Waals surface area contributed by atoms with Crippen LogP contribution in [0.2, 0.25) is 0 Å². The van der Waals surface area contributed by atoms with Crippen molar-refractivity contribution in [2.75, 3.05) is 32.8 Å². The number of piperidine rings is 1. The number of carbonyl (C=O) groups excluding carboxylic acids is 3. The summed E-state index contributed by atoms with van der Waals surface area (Å²) in [7, 11) is 0. The van der Waals surface area contributed by atoms with E-state index in [0.717, 1.165) is 50.6 Å². The van der Waals surface area contributed by atoms with Crippen molar-refractivity contribution < 1.29 is 29.3 Å². The molecule has 45 heavy (non-hydrogen) atoms. The maximum atomic E-state index is 13.9. The van der Waals surface area contributed by atoms with Gasteiger partial charge in [-0.1, -0.05) is 44.7 Å². The molecule has 2 aliphatic heterocycles. The minimum Gasteiger partial charge on any atom is -0.457 e. The van der Waals surface area contributed by atoms with Gasteiger partial charge in [0.2, 0.25) is 11.8 Å². The fraction of sp³-hybridized carbons (Fsp3) is 0.571. The van der Waals surface area contributed by atoms with Gasteiger partial charge in [0.15, 0.2) is 0 Å². The number of aliphatic hydroxyl groups excluding tert-OH is 2. The molecule has 244 valence electrons. The van der Waals surface area contributed by atoms with Crippen LogP contribution in [0.5, 0.6) is 11.5 Å². The molecule has 5 rings (SSSR count). The Bertz CT molecular complexity index is 1290. The minimum atomic E-state index is -0.863. The molecule has 0 aromatic heterocycles. The third kappa shape index (κ3) is 7.68. The predicted octanol–water partition coefficient (Wildman–Crippen LogP) is 3.60. The van der Waals surface area contributed by atoms with Crippen LogP contribution in [0.3, 0.4) is 0 Å². The Morgan fingerprint density at radius 2 is 1.67 bits per heavy atom. The molecule has 10 nitrogen and oxygen atoms in total. The molecule has 2 saturated heterocycles. The summed E-state index contributed by atoms with van der Waals surface area (Å²) >= 11 is 0. The first-order valence-electron chi connectivity index (χ1n) is 16.6. The van der Waals surface area contributed by atoms with Crippen LogP contribution in [0.1, 0.15) is 80.6 Å². The molecule has 3 aliphatic rings. The summed E-state index contributed by atoms with van der Waals surface area (Å²) in [6, 6.07) is 13.9. The van der Waals surface area contributed by atoms with E-state index < -0.39 is 17.7 Å². The monoisotopic (exact) mass is 620 g/mol. The summed E-state index contributed by atoms with van der Waals surface area (Å²) in [4.78, 5) is 43.8.